The van der Waals surface area contributed by atoms with E-state index in [0.717, 1.165) is 0 Å². The van der Waals surface area contributed by atoms with Crippen molar-refractivity contribution >= 4 is 44.8 Å². The molecule has 0 aromatic carbocycles. The lowest BCUT2D eigenvalue weighted by atomic mass is 10.3. The van der Waals surface area contributed by atoms with Crippen LogP contribution in [0.25, 0.3) is 0 Å². The van der Waals surface area contributed by atoms with E-state index >= 15 is 0 Å². The second kappa shape index (κ2) is 5.77. The van der Waals surface area contributed by atoms with Gasteiger partial charge in [-0.05, 0) is 6.92 Å². The van der Waals surface area contributed by atoms with Crippen molar-refractivity contribution in [1.82, 2.24) is 4.31 Å². The van der Waals surface area contributed by atoms with Crippen LogP contribution in [-0.4, -0.2) is 59.3 Å². The summed E-state index contributed by atoms with van der Waals surface area (Å²) in [5.41, 5.74) is 0. The van der Waals surface area contributed by atoms with Crippen LogP contribution in [0.15, 0.2) is 0 Å². The van der Waals surface area contributed by atoms with Gasteiger partial charge in [-0.1, -0.05) is 34.8 Å². The Kier molecular flexibility index (Phi) is 5.35. The fourth-order valence-corrected chi connectivity index (χ4v) is 3.91. The molecule has 17 heavy (non-hydrogen) atoms. The smallest absolute Gasteiger partial charge is 0.219 e. The lowest BCUT2D eigenvalue weighted by Gasteiger charge is -2.32. The first kappa shape index (κ1) is 15.8. The van der Waals surface area contributed by atoms with Crippen molar-refractivity contribution in [2.45, 2.75) is 22.1 Å². The van der Waals surface area contributed by atoms with E-state index < -0.39 is 25.2 Å². The average molecular weight is 327 g/mol. The summed E-state index contributed by atoms with van der Waals surface area (Å²) < 4.78 is 28.5. The Morgan fingerprint density at radius 3 is 2.18 bits per heavy atom. The first-order valence-corrected chi connectivity index (χ1v) is 7.62. The summed E-state index contributed by atoms with van der Waals surface area (Å²) in [6.07, 6.45) is -1.58. The Bertz CT molecular complexity index is 350. The normalized spacial score (nSPS) is 23.4. The van der Waals surface area contributed by atoms with Crippen LogP contribution in [-0.2, 0) is 14.8 Å². The van der Waals surface area contributed by atoms with Crippen LogP contribution >= 0.6 is 34.8 Å². The molecular formula is C8H14Cl3NO4S. The minimum atomic E-state index is -3.69. The Morgan fingerprint density at radius 2 is 1.76 bits per heavy atom. The van der Waals surface area contributed by atoms with E-state index in [-0.39, 0.29) is 13.1 Å². The molecule has 1 rings (SSSR count). The first-order valence-electron chi connectivity index (χ1n) is 4.99. The van der Waals surface area contributed by atoms with Crippen molar-refractivity contribution in [1.29, 1.82) is 0 Å². The van der Waals surface area contributed by atoms with Gasteiger partial charge >= 0.3 is 0 Å². The minimum Gasteiger partial charge on any atom is -0.387 e. The van der Waals surface area contributed by atoms with Crippen LogP contribution in [0.4, 0.5) is 0 Å². The van der Waals surface area contributed by atoms with Crippen molar-refractivity contribution in [2.75, 3.05) is 26.3 Å². The van der Waals surface area contributed by atoms with Crippen LogP contribution in [0.2, 0.25) is 0 Å². The quantitative estimate of drug-likeness (QED) is 0.778. The van der Waals surface area contributed by atoms with Crippen molar-refractivity contribution in [3.63, 3.8) is 0 Å². The Hall–Kier alpha value is 0.700. The SMILES string of the molecule is C[C@H]([C@@H](O)C(Cl)(Cl)Cl)S(=O)(=O)N1CCOCC1. The molecule has 0 aromatic heterocycles. The maximum atomic E-state index is 12.1. The number of morpholine rings is 1. The van der Waals surface area contributed by atoms with Crippen molar-refractivity contribution in [3.8, 4) is 0 Å². The zero-order valence-electron chi connectivity index (χ0n) is 9.14. The van der Waals surface area contributed by atoms with Gasteiger partial charge in [0.25, 0.3) is 0 Å². The summed E-state index contributed by atoms with van der Waals surface area (Å²) in [5.74, 6) is 0. The molecule has 1 aliphatic heterocycles. The zero-order chi connectivity index (χ0) is 13.3. The third kappa shape index (κ3) is 3.83. The van der Waals surface area contributed by atoms with E-state index in [4.69, 9.17) is 39.5 Å². The monoisotopic (exact) mass is 325 g/mol. The van der Waals surface area contributed by atoms with Gasteiger partial charge in [0, 0.05) is 13.1 Å². The van der Waals surface area contributed by atoms with Crippen LogP contribution < -0.4 is 0 Å². The topological polar surface area (TPSA) is 66.8 Å². The van der Waals surface area contributed by atoms with Gasteiger partial charge in [0.2, 0.25) is 13.8 Å². The number of halogens is 3. The van der Waals surface area contributed by atoms with E-state index in [1.165, 1.54) is 11.2 Å². The van der Waals surface area contributed by atoms with Gasteiger partial charge in [0.15, 0.2) is 0 Å². The van der Waals surface area contributed by atoms with E-state index in [0.29, 0.717) is 13.2 Å². The molecular weight excluding hydrogens is 313 g/mol. The van der Waals surface area contributed by atoms with Crippen LogP contribution in [0.5, 0.6) is 0 Å². The summed E-state index contributed by atoms with van der Waals surface area (Å²) >= 11 is 16.5. The highest BCUT2D eigenvalue weighted by molar-refractivity contribution is 7.89. The number of nitrogens with zero attached hydrogens (tertiary/aromatic N) is 1. The Morgan fingerprint density at radius 1 is 1.29 bits per heavy atom. The molecule has 0 spiro atoms. The molecule has 1 saturated heterocycles. The highest BCUT2D eigenvalue weighted by Crippen LogP contribution is 2.34. The number of aliphatic hydroxyl groups is 1. The molecule has 0 saturated carbocycles. The summed E-state index contributed by atoms with van der Waals surface area (Å²) in [5, 5.41) is 8.50. The molecule has 0 amide bonds. The molecule has 9 heteroatoms. The maximum Gasteiger partial charge on any atom is 0.219 e. The molecule has 5 nitrogen and oxygen atoms in total. The molecule has 0 aliphatic carbocycles. The number of aliphatic hydroxyl groups excluding tert-OH is 1. The molecule has 0 unspecified atom stereocenters. The fraction of sp³-hybridized carbons (Fsp3) is 1.00. The fourth-order valence-electron chi connectivity index (χ4n) is 1.47. The van der Waals surface area contributed by atoms with E-state index in [2.05, 4.69) is 0 Å². The van der Waals surface area contributed by atoms with Gasteiger partial charge in [-0.3, -0.25) is 0 Å². The third-order valence-electron chi connectivity index (χ3n) is 2.58. The lowest BCUT2D eigenvalue weighted by molar-refractivity contribution is 0.0713. The van der Waals surface area contributed by atoms with E-state index in [1.54, 1.807) is 0 Å². The van der Waals surface area contributed by atoms with E-state index in [1.807, 2.05) is 0 Å². The summed E-state index contributed by atoms with van der Waals surface area (Å²) in [4.78, 5) is 0. The van der Waals surface area contributed by atoms with Crippen LogP contribution in [0, 0.1) is 0 Å². The van der Waals surface area contributed by atoms with Gasteiger partial charge in [-0.25, -0.2) is 8.42 Å². The molecule has 102 valence electrons. The van der Waals surface area contributed by atoms with Gasteiger partial charge in [0.1, 0.15) is 11.4 Å². The molecule has 1 fully saturated rings. The standard InChI is InChI=1S/C8H14Cl3NO4S/c1-6(7(13)8(9,10)11)17(14,15)12-2-4-16-5-3-12/h6-7,13H,2-5H2,1H3/t6-,7-/m1/s1. The maximum absolute atomic E-state index is 12.1. The van der Waals surface area contributed by atoms with Crippen molar-refractivity contribution in [2.24, 2.45) is 0 Å². The lowest BCUT2D eigenvalue weighted by Crippen LogP contribution is -2.50. The number of alkyl halides is 3. The molecule has 1 N–H and O–H groups in total. The van der Waals surface area contributed by atoms with Gasteiger partial charge in [-0.15, -0.1) is 0 Å². The third-order valence-corrected chi connectivity index (χ3v) is 5.53. The van der Waals surface area contributed by atoms with Gasteiger partial charge < -0.3 is 9.84 Å². The number of hydrogen-bond donors (Lipinski definition) is 1. The summed E-state index contributed by atoms with van der Waals surface area (Å²) in [6, 6.07) is 0. The summed E-state index contributed by atoms with van der Waals surface area (Å²) in [6.45, 7) is 2.47. The highest BCUT2D eigenvalue weighted by atomic mass is 35.6. The largest absolute Gasteiger partial charge is 0.387 e. The second-order valence-electron chi connectivity index (χ2n) is 3.75. The summed E-state index contributed by atoms with van der Waals surface area (Å²) in [7, 11) is -3.69. The molecule has 0 radical (unpaired) electrons. The zero-order valence-corrected chi connectivity index (χ0v) is 12.2. The number of rotatable bonds is 3. The molecule has 1 aliphatic rings. The predicted octanol–water partition coefficient (Wildman–Crippen LogP) is 0.768. The second-order valence-corrected chi connectivity index (χ2v) is 8.41. The number of sulfonamides is 1. The van der Waals surface area contributed by atoms with Crippen LogP contribution in [0.1, 0.15) is 6.92 Å². The van der Waals surface area contributed by atoms with Crippen LogP contribution in [0.3, 0.4) is 0 Å². The Balaban J connectivity index is 2.82. The van der Waals surface area contributed by atoms with Crippen molar-refractivity contribution in [3.05, 3.63) is 0 Å². The molecule has 2 atom stereocenters. The van der Waals surface area contributed by atoms with Crippen molar-refractivity contribution < 1.29 is 18.3 Å². The minimum absolute atomic E-state index is 0.249. The highest BCUT2D eigenvalue weighted by Gasteiger charge is 2.43. The average Bonchev–Trinajstić information content (AvgIpc) is 2.27. The number of ether oxygens (including phenoxy) is 1. The molecule has 0 aromatic rings. The van der Waals surface area contributed by atoms with E-state index in [9.17, 15) is 13.5 Å². The Labute approximate surface area is 116 Å². The first-order chi connectivity index (χ1) is 7.67. The predicted molar refractivity (Wildman–Crippen MR) is 67.1 cm³/mol. The van der Waals surface area contributed by atoms with Gasteiger partial charge in [-0.2, -0.15) is 4.31 Å². The molecule has 1 heterocycles. The van der Waals surface area contributed by atoms with Gasteiger partial charge in [0.05, 0.1) is 13.2 Å². The number of hydrogen-bond acceptors (Lipinski definition) is 4. The molecule has 0 bridgehead atoms.